The molecule has 2 aromatic carbocycles. The summed E-state index contributed by atoms with van der Waals surface area (Å²) in [6.45, 7) is 7.22. The smallest absolute Gasteiger partial charge is 0.233 e. The van der Waals surface area contributed by atoms with E-state index in [0.29, 0.717) is 11.8 Å². The Morgan fingerprint density at radius 2 is 1.87 bits per heavy atom. The highest BCUT2D eigenvalue weighted by molar-refractivity contribution is 7.99. The summed E-state index contributed by atoms with van der Waals surface area (Å²) in [4.78, 5) is 14.9. The number of piperidine rings is 1. The normalized spacial score (nSPS) is 16.6. The molecule has 5 nitrogen and oxygen atoms in total. The summed E-state index contributed by atoms with van der Waals surface area (Å²) >= 11 is 1.47. The molecule has 0 N–H and O–H groups in total. The Morgan fingerprint density at radius 1 is 1.07 bits per heavy atom. The molecule has 1 amide bonds. The molecule has 0 spiro atoms. The van der Waals surface area contributed by atoms with E-state index in [1.807, 2.05) is 35.2 Å². The van der Waals surface area contributed by atoms with Crippen molar-refractivity contribution in [2.24, 2.45) is 0 Å². The van der Waals surface area contributed by atoms with Crippen LogP contribution in [0.2, 0.25) is 0 Å². The average Bonchev–Trinajstić information content (AvgIpc) is 3.19. The Balaban J connectivity index is 1.64. The summed E-state index contributed by atoms with van der Waals surface area (Å²) in [5.41, 5.74) is 4.49. The van der Waals surface area contributed by atoms with Crippen LogP contribution in [0.3, 0.4) is 0 Å². The SMILES string of the molecule is Cc1ccc(-c2nnc(SCC(=O)N3CCCC[C@H]3C)n2-c2ccccc2)cc1C. The number of carbonyl (C=O) groups excluding carboxylic acids is 1. The van der Waals surface area contributed by atoms with Crippen LogP contribution >= 0.6 is 11.8 Å². The van der Waals surface area contributed by atoms with E-state index < -0.39 is 0 Å². The van der Waals surface area contributed by atoms with Gasteiger partial charge in [0.25, 0.3) is 0 Å². The fraction of sp³-hybridized carbons (Fsp3) is 0.375. The molecule has 6 heteroatoms. The quantitative estimate of drug-likeness (QED) is 0.542. The fourth-order valence-electron chi connectivity index (χ4n) is 3.92. The minimum absolute atomic E-state index is 0.183. The van der Waals surface area contributed by atoms with E-state index in [-0.39, 0.29) is 5.91 Å². The first kappa shape index (κ1) is 20.7. The predicted molar refractivity (Wildman–Crippen MR) is 122 cm³/mol. The van der Waals surface area contributed by atoms with Crippen LogP contribution in [0.4, 0.5) is 0 Å². The van der Waals surface area contributed by atoms with Gasteiger partial charge in [-0.15, -0.1) is 10.2 Å². The van der Waals surface area contributed by atoms with Crippen LogP contribution in [-0.4, -0.2) is 43.9 Å². The van der Waals surface area contributed by atoms with E-state index >= 15 is 0 Å². The second kappa shape index (κ2) is 9.04. The third-order valence-corrected chi connectivity index (χ3v) is 6.77. The van der Waals surface area contributed by atoms with Gasteiger partial charge in [0.05, 0.1) is 5.75 Å². The van der Waals surface area contributed by atoms with Gasteiger partial charge in [-0.2, -0.15) is 0 Å². The van der Waals surface area contributed by atoms with Crippen LogP contribution in [0, 0.1) is 13.8 Å². The molecule has 0 saturated carbocycles. The maximum absolute atomic E-state index is 12.8. The van der Waals surface area contributed by atoms with Crippen molar-refractivity contribution in [1.29, 1.82) is 0 Å². The molecule has 1 atom stereocenters. The second-order valence-corrected chi connectivity index (χ2v) is 8.94. The topological polar surface area (TPSA) is 51.0 Å². The van der Waals surface area contributed by atoms with Crippen LogP contribution in [0.5, 0.6) is 0 Å². The second-order valence-electron chi connectivity index (χ2n) is 8.00. The van der Waals surface area contributed by atoms with Crippen molar-refractivity contribution in [3.8, 4) is 17.1 Å². The van der Waals surface area contributed by atoms with Crippen LogP contribution in [-0.2, 0) is 4.79 Å². The standard InChI is InChI=1S/C24H28N4OS/c1-17-12-13-20(15-18(17)2)23-25-26-24(28(23)21-10-5-4-6-11-21)30-16-22(29)27-14-8-7-9-19(27)3/h4-6,10-13,15,19H,7-9,14,16H2,1-3H3/t19-/m1/s1. The zero-order chi connectivity index (χ0) is 21.1. The number of benzene rings is 2. The molecule has 1 aliphatic rings. The third kappa shape index (κ3) is 4.29. The molecule has 1 aromatic heterocycles. The number of rotatable bonds is 5. The van der Waals surface area contributed by atoms with Gasteiger partial charge in [-0.25, -0.2) is 0 Å². The number of aromatic nitrogens is 3. The van der Waals surface area contributed by atoms with Gasteiger partial charge >= 0.3 is 0 Å². The molecule has 0 radical (unpaired) electrons. The molecular weight excluding hydrogens is 392 g/mol. The Morgan fingerprint density at radius 3 is 2.60 bits per heavy atom. The molecule has 0 unspecified atom stereocenters. The number of hydrogen-bond acceptors (Lipinski definition) is 4. The summed E-state index contributed by atoms with van der Waals surface area (Å²) in [5, 5.41) is 9.71. The first-order valence-electron chi connectivity index (χ1n) is 10.6. The van der Waals surface area contributed by atoms with Crippen LogP contribution in [0.15, 0.2) is 53.7 Å². The Kier molecular flexibility index (Phi) is 6.23. The van der Waals surface area contributed by atoms with Crippen molar-refractivity contribution in [1.82, 2.24) is 19.7 Å². The number of carbonyl (C=O) groups is 1. The zero-order valence-electron chi connectivity index (χ0n) is 17.8. The Labute approximate surface area is 182 Å². The largest absolute Gasteiger partial charge is 0.339 e. The van der Waals surface area contributed by atoms with Gasteiger partial charge in [-0.1, -0.05) is 42.1 Å². The summed E-state index contributed by atoms with van der Waals surface area (Å²) in [6.07, 6.45) is 3.39. The lowest BCUT2D eigenvalue weighted by Crippen LogP contribution is -2.42. The minimum Gasteiger partial charge on any atom is -0.339 e. The molecule has 4 rings (SSSR count). The fourth-order valence-corrected chi connectivity index (χ4v) is 4.76. The summed E-state index contributed by atoms with van der Waals surface area (Å²) in [5.74, 6) is 1.36. The van der Waals surface area contributed by atoms with Crippen molar-refractivity contribution in [3.05, 3.63) is 59.7 Å². The molecular formula is C24H28N4OS. The van der Waals surface area contributed by atoms with Gasteiger partial charge in [-0.05, 0) is 69.4 Å². The molecule has 30 heavy (non-hydrogen) atoms. The lowest BCUT2D eigenvalue weighted by molar-refractivity contribution is -0.131. The van der Waals surface area contributed by atoms with Crippen molar-refractivity contribution in [3.63, 3.8) is 0 Å². The zero-order valence-corrected chi connectivity index (χ0v) is 18.7. The Bertz CT molecular complexity index is 1030. The number of amides is 1. The van der Waals surface area contributed by atoms with Gasteiger partial charge in [-0.3, -0.25) is 9.36 Å². The molecule has 156 valence electrons. The van der Waals surface area contributed by atoms with Crippen molar-refractivity contribution < 1.29 is 4.79 Å². The molecule has 1 fully saturated rings. The van der Waals surface area contributed by atoms with Crippen LogP contribution < -0.4 is 0 Å². The van der Waals surface area contributed by atoms with Gasteiger partial charge in [0.2, 0.25) is 5.91 Å². The summed E-state index contributed by atoms with van der Waals surface area (Å²) < 4.78 is 2.06. The molecule has 2 heterocycles. The first-order chi connectivity index (χ1) is 14.5. The lowest BCUT2D eigenvalue weighted by atomic mass is 10.0. The number of aryl methyl sites for hydroxylation is 2. The van der Waals surface area contributed by atoms with Gasteiger partial charge < -0.3 is 4.90 Å². The van der Waals surface area contributed by atoms with Crippen molar-refractivity contribution in [2.45, 2.75) is 51.2 Å². The third-order valence-electron chi connectivity index (χ3n) is 5.86. The van der Waals surface area contributed by atoms with E-state index in [0.717, 1.165) is 41.6 Å². The molecule has 1 saturated heterocycles. The number of nitrogens with zero attached hydrogens (tertiary/aromatic N) is 4. The van der Waals surface area contributed by atoms with Gasteiger partial charge in [0.1, 0.15) is 0 Å². The lowest BCUT2D eigenvalue weighted by Gasteiger charge is -2.33. The van der Waals surface area contributed by atoms with E-state index in [1.54, 1.807) is 0 Å². The van der Waals surface area contributed by atoms with Gasteiger partial charge in [0, 0.05) is 23.8 Å². The van der Waals surface area contributed by atoms with Crippen LogP contribution in [0.25, 0.3) is 17.1 Å². The number of hydrogen-bond donors (Lipinski definition) is 0. The number of likely N-dealkylation sites (tertiary alicyclic amines) is 1. The van der Waals surface area contributed by atoms with Gasteiger partial charge in [0.15, 0.2) is 11.0 Å². The van der Waals surface area contributed by atoms with E-state index in [1.165, 1.54) is 29.3 Å². The summed E-state index contributed by atoms with van der Waals surface area (Å²) in [7, 11) is 0. The Hall–Kier alpha value is -2.60. The number of para-hydroxylation sites is 1. The van der Waals surface area contributed by atoms with E-state index in [4.69, 9.17) is 0 Å². The molecule has 3 aromatic rings. The molecule has 0 bridgehead atoms. The highest BCUT2D eigenvalue weighted by atomic mass is 32.2. The van der Waals surface area contributed by atoms with Crippen molar-refractivity contribution >= 4 is 17.7 Å². The molecule has 1 aliphatic heterocycles. The first-order valence-corrected chi connectivity index (χ1v) is 11.5. The van der Waals surface area contributed by atoms with Crippen molar-refractivity contribution in [2.75, 3.05) is 12.3 Å². The highest BCUT2D eigenvalue weighted by Crippen LogP contribution is 2.29. The highest BCUT2D eigenvalue weighted by Gasteiger charge is 2.24. The maximum atomic E-state index is 12.8. The van der Waals surface area contributed by atoms with E-state index in [2.05, 4.69) is 53.7 Å². The average molecular weight is 421 g/mol. The molecule has 0 aliphatic carbocycles. The van der Waals surface area contributed by atoms with E-state index in [9.17, 15) is 4.79 Å². The monoisotopic (exact) mass is 420 g/mol. The minimum atomic E-state index is 0.183. The maximum Gasteiger partial charge on any atom is 0.233 e. The summed E-state index contributed by atoms with van der Waals surface area (Å²) in [6, 6.07) is 16.8. The van der Waals surface area contributed by atoms with Crippen LogP contribution in [0.1, 0.15) is 37.3 Å². The number of thioether (sulfide) groups is 1. The predicted octanol–water partition coefficient (Wildman–Crippen LogP) is 5.04.